The van der Waals surface area contributed by atoms with Gasteiger partial charge in [0.15, 0.2) is 0 Å². The first-order valence-corrected chi connectivity index (χ1v) is 5.29. The van der Waals surface area contributed by atoms with Crippen LogP contribution in [0.25, 0.3) is 0 Å². The van der Waals surface area contributed by atoms with Crippen molar-refractivity contribution < 1.29 is 14.3 Å². The van der Waals surface area contributed by atoms with Crippen molar-refractivity contribution in [2.24, 2.45) is 0 Å². The van der Waals surface area contributed by atoms with E-state index in [1.54, 1.807) is 13.0 Å². The average Bonchev–Trinajstić information content (AvgIpc) is 2.34. The Bertz CT molecular complexity index is 421. The van der Waals surface area contributed by atoms with Crippen LogP contribution in [0.15, 0.2) is 49.1 Å². The molecule has 0 aliphatic rings. The van der Waals surface area contributed by atoms with Crippen LogP contribution in [0.1, 0.15) is 12.5 Å². The number of para-hydroxylation sites is 1. The third-order valence-corrected chi connectivity index (χ3v) is 2.04. The van der Waals surface area contributed by atoms with Crippen molar-refractivity contribution in [2.75, 3.05) is 6.61 Å². The maximum Gasteiger partial charge on any atom is 0.333 e. The fourth-order valence-electron chi connectivity index (χ4n) is 1.18. The maximum atomic E-state index is 11.3. The van der Waals surface area contributed by atoms with E-state index >= 15 is 0 Å². The Balaban J connectivity index is 2.66. The lowest BCUT2D eigenvalue weighted by Gasteiger charge is -2.10. The van der Waals surface area contributed by atoms with E-state index < -0.39 is 5.97 Å². The molecular weight excluding hydrogens is 216 g/mol. The van der Waals surface area contributed by atoms with Crippen molar-refractivity contribution in [3.05, 3.63) is 54.6 Å². The van der Waals surface area contributed by atoms with Crippen LogP contribution in [-0.4, -0.2) is 12.6 Å². The summed E-state index contributed by atoms with van der Waals surface area (Å²) in [5, 5.41) is 0. The number of carbonyl (C=O) groups is 1. The van der Waals surface area contributed by atoms with Gasteiger partial charge in [-0.05, 0) is 13.0 Å². The molecule has 90 valence electrons. The van der Waals surface area contributed by atoms with Gasteiger partial charge in [0.05, 0.1) is 0 Å². The molecule has 0 unspecified atom stereocenters. The summed E-state index contributed by atoms with van der Waals surface area (Å²) in [7, 11) is 0. The Hall–Kier alpha value is -2.03. The highest BCUT2D eigenvalue weighted by Crippen LogP contribution is 2.19. The van der Waals surface area contributed by atoms with Crippen molar-refractivity contribution in [3.8, 4) is 5.75 Å². The Morgan fingerprint density at radius 1 is 1.41 bits per heavy atom. The number of hydrogen-bond acceptors (Lipinski definition) is 3. The summed E-state index contributed by atoms with van der Waals surface area (Å²) < 4.78 is 10.5. The Labute approximate surface area is 101 Å². The molecule has 17 heavy (non-hydrogen) atoms. The Morgan fingerprint density at radius 2 is 2.12 bits per heavy atom. The summed E-state index contributed by atoms with van der Waals surface area (Å²) in [4.78, 5) is 11.3. The average molecular weight is 232 g/mol. The number of ether oxygens (including phenoxy) is 2. The lowest BCUT2D eigenvalue weighted by atomic mass is 10.2. The van der Waals surface area contributed by atoms with E-state index in [4.69, 9.17) is 9.47 Å². The van der Waals surface area contributed by atoms with Gasteiger partial charge >= 0.3 is 5.97 Å². The van der Waals surface area contributed by atoms with Gasteiger partial charge in [0.2, 0.25) is 0 Å². The zero-order valence-corrected chi connectivity index (χ0v) is 9.94. The largest absolute Gasteiger partial charge is 0.489 e. The third kappa shape index (κ3) is 4.15. The van der Waals surface area contributed by atoms with E-state index in [9.17, 15) is 4.79 Å². The first-order valence-electron chi connectivity index (χ1n) is 5.29. The molecule has 0 aliphatic carbocycles. The summed E-state index contributed by atoms with van der Waals surface area (Å²) in [6, 6.07) is 7.41. The minimum absolute atomic E-state index is 0.180. The van der Waals surface area contributed by atoms with E-state index in [0.717, 1.165) is 5.56 Å². The van der Waals surface area contributed by atoms with Crippen molar-refractivity contribution in [1.29, 1.82) is 0 Å². The van der Waals surface area contributed by atoms with Crippen LogP contribution in [-0.2, 0) is 16.1 Å². The fourth-order valence-corrected chi connectivity index (χ4v) is 1.18. The first-order chi connectivity index (χ1) is 8.15. The van der Waals surface area contributed by atoms with Crippen LogP contribution in [0.4, 0.5) is 0 Å². The van der Waals surface area contributed by atoms with Crippen molar-refractivity contribution in [2.45, 2.75) is 13.5 Å². The van der Waals surface area contributed by atoms with Crippen LogP contribution in [0.2, 0.25) is 0 Å². The van der Waals surface area contributed by atoms with E-state index in [1.165, 1.54) is 0 Å². The van der Waals surface area contributed by atoms with Crippen LogP contribution >= 0.6 is 0 Å². The third-order valence-electron chi connectivity index (χ3n) is 2.04. The van der Waals surface area contributed by atoms with Crippen LogP contribution in [0, 0.1) is 0 Å². The molecule has 3 nitrogen and oxygen atoms in total. The Morgan fingerprint density at radius 3 is 2.76 bits per heavy atom. The zero-order chi connectivity index (χ0) is 12.7. The van der Waals surface area contributed by atoms with E-state index in [0.29, 0.717) is 17.9 Å². The molecule has 0 heterocycles. The number of carbonyl (C=O) groups excluding carboxylic acids is 1. The van der Waals surface area contributed by atoms with Gasteiger partial charge in [0.1, 0.15) is 19.0 Å². The number of esters is 1. The van der Waals surface area contributed by atoms with Crippen molar-refractivity contribution in [3.63, 3.8) is 0 Å². The zero-order valence-electron chi connectivity index (χ0n) is 9.94. The molecule has 0 saturated heterocycles. The van der Waals surface area contributed by atoms with Gasteiger partial charge in [-0.15, -0.1) is 0 Å². The van der Waals surface area contributed by atoms with Crippen LogP contribution in [0.5, 0.6) is 5.75 Å². The van der Waals surface area contributed by atoms with Gasteiger partial charge in [0.25, 0.3) is 0 Å². The van der Waals surface area contributed by atoms with Gasteiger partial charge < -0.3 is 9.47 Å². The molecule has 0 atom stereocenters. The smallest absolute Gasteiger partial charge is 0.333 e. The molecule has 0 N–H and O–H groups in total. The molecule has 0 fully saturated rings. The van der Waals surface area contributed by atoms with Crippen LogP contribution < -0.4 is 4.74 Å². The topological polar surface area (TPSA) is 35.5 Å². The second kappa shape index (κ2) is 6.53. The van der Waals surface area contributed by atoms with Crippen molar-refractivity contribution >= 4 is 5.97 Å². The minimum Gasteiger partial charge on any atom is -0.489 e. The lowest BCUT2D eigenvalue weighted by Crippen LogP contribution is -2.06. The molecule has 0 radical (unpaired) electrons. The standard InChI is InChI=1S/C14H16O3/c1-4-9-16-13-8-6-5-7-12(13)10-17-14(15)11(2)3/h4-8H,1-2,9-10H2,3H3. The van der Waals surface area contributed by atoms with Crippen molar-refractivity contribution in [1.82, 2.24) is 0 Å². The summed E-state index contributed by atoms with van der Waals surface area (Å²) in [5.74, 6) is 0.297. The number of hydrogen-bond donors (Lipinski definition) is 0. The summed E-state index contributed by atoms with van der Waals surface area (Å²) in [6.45, 7) is 9.32. The van der Waals surface area contributed by atoms with Gasteiger partial charge in [-0.3, -0.25) is 0 Å². The van der Waals surface area contributed by atoms with E-state index in [2.05, 4.69) is 13.2 Å². The second-order valence-corrected chi connectivity index (χ2v) is 3.56. The van der Waals surface area contributed by atoms with Crippen LogP contribution in [0.3, 0.4) is 0 Å². The molecule has 0 amide bonds. The monoisotopic (exact) mass is 232 g/mol. The van der Waals surface area contributed by atoms with Gasteiger partial charge in [-0.25, -0.2) is 4.79 Å². The van der Waals surface area contributed by atoms with Gasteiger partial charge in [-0.1, -0.05) is 37.4 Å². The minimum atomic E-state index is -0.400. The van der Waals surface area contributed by atoms with E-state index in [-0.39, 0.29) is 6.61 Å². The summed E-state index contributed by atoms with van der Waals surface area (Å²) in [5.41, 5.74) is 1.21. The molecule has 1 aromatic carbocycles. The molecule has 0 spiro atoms. The molecule has 1 rings (SSSR count). The highest BCUT2D eigenvalue weighted by Gasteiger charge is 2.07. The quantitative estimate of drug-likeness (QED) is 0.430. The second-order valence-electron chi connectivity index (χ2n) is 3.56. The number of rotatable bonds is 6. The summed E-state index contributed by atoms with van der Waals surface area (Å²) >= 11 is 0. The number of benzene rings is 1. The molecule has 0 aromatic heterocycles. The normalized spacial score (nSPS) is 9.47. The molecule has 3 heteroatoms. The maximum absolute atomic E-state index is 11.3. The van der Waals surface area contributed by atoms with E-state index in [1.807, 2.05) is 24.3 Å². The molecule has 0 bridgehead atoms. The first kappa shape index (κ1) is 13.0. The highest BCUT2D eigenvalue weighted by molar-refractivity contribution is 5.86. The molecule has 0 saturated carbocycles. The molecular formula is C14H16O3. The predicted octanol–water partition coefficient (Wildman–Crippen LogP) is 2.87. The molecule has 0 aliphatic heterocycles. The highest BCUT2D eigenvalue weighted by atomic mass is 16.5. The van der Waals surface area contributed by atoms with Gasteiger partial charge in [0, 0.05) is 11.1 Å². The predicted molar refractivity (Wildman–Crippen MR) is 66.7 cm³/mol. The fraction of sp³-hybridized carbons (Fsp3) is 0.214. The lowest BCUT2D eigenvalue weighted by molar-refractivity contribution is -0.140. The molecule has 1 aromatic rings. The SMILES string of the molecule is C=CCOc1ccccc1COC(=O)C(=C)C. The Kier molecular flexibility index (Phi) is 5.01. The summed E-state index contributed by atoms with van der Waals surface area (Å²) in [6.07, 6.45) is 1.66. The van der Waals surface area contributed by atoms with Gasteiger partial charge in [-0.2, -0.15) is 0 Å².